The third-order valence-electron chi connectivity index (χ3n) is 2.91. The molecule has 0 unspecified atom stereocenters. The minimum atomic E-state index is -1.42. The molecule has 2 aromatic rings. The number of hydrogen-bond donors (Lipinski definition) is 0. The second kappa shape index (κ2) is 6.26. The van der Waals surface area contributed by atoms with E-state index >= 15 is 0 Å². The van der Waals surface area contributed by atoms with Crippen LogP contribution in [0.25, 0.3) is 0 Å². The molecule has 0 spiro atoms. The quantitative estimate of drug-likeness (QED) is 0.615. The summed E-state index contributed by atoms with van der Waals surface area (Å²) in [7, 11) is 0. The normalized spacial score (nSPS) is 10.1. The van der Waals surface area contributed by atoms with Crippen LogP contribution in [0, 0.1) is 23.0 Å². The summed E-state index contributed by atoms with van der Waals surface area (Å²) >= 11 is 0. The molecule has 0 atom stereocenters. The van der Waals surface area contributed by atoms with Gasteiger partial charge in [-0.1, -0.05) is 60.7 Å². The number of hydrogen-bond acceptors (Lipinski definition) is 4. The minimum Gasteiger partial charge on any atom is -0.376 e. The summed E-state index contributed by atoms with van der Waals surface area (Å²) < 4.78 is 10.2. The summed E-state index contributed by atoms with van der Waals surface area (Å²) in [5, 5.41) is 17.8. The van der Waals surface area contributed by atoms with Crippen molar-refractivity contribution in [2.45, 2.75) is 12.2 Å². The molecular formula is C16H12N2O2. The van der Waals surface area contributed by atoms with E-state index in [-0.39, 0.29) is 6.42 Å². The molecule has 20 heavy (non-hydrogen) atoms. The van der Waals surface area contributed by atoms with Crippen molar-refractivity contribution in [2.24, 2.45) is 0 Å². The minimum absolute atomic E-state index is 0.263. The lowest BCUT2D eigenvalue weighted by Gasteiger charge is -2.27. The lowest BCUT2D eigenvalue weighted by molar-refractivity contribution is -0.166. The van der Waals surface area contributed by atoms with Gasteiger partial charge in [-0.05, 0) is 5.56 Å². The Labute approximate surface area is 117 Å². The van der Waals surface area contributed by atoms with Crippen LogP contribution in [-0.2, 0) is 21.7 Å². The second-order valence-electron chi connectivity index (χ2n) is 4.17. The lowest BCUT2D eigenvalue weighted by Crippen LogP contribution is -2.33. The second-order valence-corrected chi connectivity index (χ2v) is 4.17. The van der Waals surface area contributed by atoms with Gasteiger partial charge in [-0.2, -0.15) is 10.5 Å². The first-order chi connectivity index (χ1) is 9.80. The standard InChI is InChI=1S/C16H12N2O2/c17-12-19-16(20-13-18,15-9-5-2-6-10-15)11-14-7-3-1-4-8-14/h1-10H,11H2. The highest BCUT2D eigenvalue weighted by Crippen LogP contribution is 2.31. The van der Waals surface area contributed by atoms with Crippen molar-refractivity contribution in [3.8, 4) is 12.5 Å². The number of benzene rings is 2. The summed E-state index contributed by atoms with van der Waals surface area (Å²) in [5.74, 6) is -1.42. The summed E-state index contributed by atoms with van der Waals surface area (Å²) in [6.45, 7) is 0. The SMILES string of the molecule is N#COC(Cc1ccccc1)(OC#N)c1ccccc1. The highest BCUT2D eigenvalue weighted by Gasteiger charge is 2.38. The summed E-state index contributed by atoms with van der Waals surface area (Å²) in [6, 6.07) is 18.4. The maximum atomic E-state index is 8.91. The molecule has 0 aliphatic heterocycles. The van der Waals surface area contributed by atoms with E-state index in [0.717, 1.165) is 5.56 Å². The van der Waals surface area contributed by atoms with E-state index in [9.17, 15) is 0 Å². The summed E-state index contributed by atoms with van der Waals surface area (Å²) in [4.78, 5) is 0. The number of rotatable bonds is 5. The van der Waals surface area contributed by atoms with E-state index in [4.69, 9.17) is 20.0 Å². The van der Waals surface area contributed by atoms with Crippen LogP contribution in [0.3, 0.4) is 0 Å². The van der Waals surface area contributed by atoms with Crippen LogP contribution in [-0.4, -0.2) is 0 Å². The van der Waals surface area contributed by atoms with E-state index < -0.39 is 5.79 Å². The number of nitriles is 2. The Morgan fingerprint density at radius 3 is 1.80 bits per heavy atom. The molecule has 0 aliphatic rings. The van der Waals surface area contributed by atoms with Crippen LogP contribution in [0.4, 0.5) is 0 Å². The monoisotopic (exact) mass is 264 g/mol. The molecule has 0 amide bonds. The van der Waals surface area contributed by atoms with Crippen molar-refractivity contribution in [3.05, 3.63) is 71.8 Å². The fourth-order valence-corrected chi connectivity index (χ4v) is 2.02. The zero-order chi connectivity index (χ0) is 14.3. The first-order valence-electron chi connectivity index (χ1n) is 6.04. The average Bonchev–Trinajstić information content (AvgIpc) is 2.49. The van der Waals surface area contributed by atoms with Gasteiger partial charge in [-0.15, -0.1) is 0 Å². The largest absolute Gasteiger partial charge is 0.376 e. The number of nitrogens with zero attached hydrogens (tertiary/aromatic N) is 2. The molecule has 0 aliphatic carbocycles. The molecule has 2 aromatic carbocycles. The van der Waals surface area contributed by atoms with Gasteiger partial charge in [-0.3, -0.25) is 0 Å². The van der Waals surface area contributed by atoms with Crippen molar-refractivity contribution < 1.29 is 9.47 Å². The Hall–Kier alpha value is -2.98. The first kappa shape index (κ1) is 13.5. The zero-order valence-corrected chi connectivity index (χ0v) is 10.7. The smallest absolute Gasteiger partial charge is 0.305 e. The van der Waals surface area contributed by atoms with E-state index in [0.29, 0.717) is 5.56 Å². The lowest BCUT2D eigenvalue weighted by atomic mass is 9.97. The van der Waals surface area contributed by atoms with Gasteiger partial charge in [0.05, 0.1) is 6.42 Å². The van der Waals surface area contributed by atoms with Crippen LogP contribution in [0.2, 0.25) is 0 Å². The van der Waals surface area contributed by atoms with Gasteiger partial charge in [0.1, 0.15) is 0 Å². The molecule has 2 rings (SSSR count). The van der Waals surface area contributed by atoms with Crippen molar-refractivity contribution in [3.63, 3.8) is 0 Å². The van der Waals surface area contributed by atoms with E-state index in [1.165, 1.54) is 0 Å². The van der Waals surface area contributed by atoms with E-state index in [1.807, 2.05) is 36.4 Å². The molecule has 0 heterocycles. The van der Waals surface area contributed by atoms with Gasteiger partial charge in [0.2, 0.25) is 0 Å². The Balaban J connectivity index is 2.43. The fraction of sp³-hybridized carbons (Fsp3) is 0.125. The highest BCUT2D eigenvalue weighted by molar-refractivity contribution is 5.26. The van der Waals surface area contributed by atoms with Crippen molar-refractivity contribution in [1.82, 2.24) is 0 Å². The molecule has 98 valence electrons. The van der Waals surface area contributed by atoms with Gasteiger partial charge in [0.25, 0.3) is 12.5 Å². The molecule has 0 bridgehead atoms. The zero-order valence-electron chi connectivity index (χ0n) is 10.7. The average molecular weight is 264 g/mol. The predicted molar refractivity (Wildman–Crippen MR) is 71.7 cm³/mol. The Morgan fingerprint density at radius 2 is 1.30 bits per heavy atom. The Kier molecular flexibility index (Phi) is 4.21. The molecule has 0 radical (unpaired) electrons. The van der Waals surface area contributed by atoms with E-state index in [2.05, 4.69) is 0 Å². The maximum Gasteiger partial charge on any atom is 0.305 e. The van der Waals surface area contributed by atoms with Crippen LogP contribution in [0.5, 0.6) is 0 Å². The summed E-state index contributed by atoms with van der Waals surface area (Å²) in [6.07, 6.45) is 3.53. The molecule has 0 aromatic heterocycles. The third-order valence-corrected chi connectivity index (χ3v) is 2.91. The van der Waals surface area contributed by atoms with E-state index in [1.54, 1.807) is 36.8 Å². The topological polar surface area (TPSA) is 66.0 Å². The highest BCUT2D eigenvalue weighted by atomic mass is 16.7. The first-order valence-corrected chi connectivity index (χ1v) is 6.04. The van der Waals surface area contributed by atoms with Gasteiger partial charge < -0.3 is 9.47 Å². The van der Waals surface area contributed by atoms with Gasteiger partial charge in [-0.25, -0.2) is 0 Å². The molecule has 0 fully saturated rings. The van der Waals surface area contributed by atoms with Gasteiger partial charge in [0, 0.05) is 5.56 Å². The molecule has 0 saturated carbocycles. The van der Waals surface area contributed by atoms with Crippen molar-refractivity contribution in [2.75, 3.05) is 0 Å². The van der Waals surface area contributed by atoms with Gasteiger partial charge in [0.15, 0.2) is 0 Å². The van der Waals surface area contributed by atoms with Gasteiger partial charge >= 0.3 is 5.79 Å². The number of ether oxygens (including phenoxy) is 2. The predicted octanol–water partition coefficient (Wildman–Crippen LogP) is 3.08. The Bertz CT molecular complexity index is 611. The van der Waals surface area contributed by atoms with Crippen molar-refractivity contribution in [1.29, 1.82) is 10.5 Å². The van der Waals surface area contributed by atoms with Crippen molar-refractivity contribution >= 4 is 0 Å². The van der Waals surface area contributed by atoms with Crippen LogP contribution in [0.1, 0.15) is 11.1 Å². The Morgan fingerprint density at radius 1 is 0.800 bits per heavy atom. The molecular weight excluding hydrogens is 252 g/mol. The fourth-order valence-electron chi connectivity index (χ4n) is 2.02. The molecule has 0 saturated heterocycles. The third kappa shape index (κ3) is 2.88. The molecule has 4 heteroatoms. The van der Waals surface area contributed by atoms with Crippen LogP contribution >= 0.6 is 0 Å². The van der Waals surface area contributed by atoms with Crippen LogP contribution in [0.15, 0.2) is 60.7 Å². The van der Waals surface area contributed by atoms with Crippen LogP contribution < -0.4 is 0 Å². The maximum absolute atomic E-state index is 8.91. The molecule has 0 N–H and O–H groups in total. The summed E-state index contributed by atoms with van der Waals surface area (Å²) in [5.41, 5.74) is 1.52. The molecule has 4 nitrogen and oxygen atoms in total.